The molecule has 0 saturated carbocycles. The molecule has 1 atom stereocenters. The van der Waals surface area contributed by atoms with Crippen LogP contribution in [0, 0.1) is 0 Å². The molecule has 1 aromatic heterocycles. The van der Waals surface area contributed by atoms with Gasteiger partial charge in [0.15, 0.2) is 0 Å². The highest BCUT2D eigenvalue weighted by Gasteiger charge is 2.28. The summed E-state index contributed by atoms with van der Waals surface area (Å²) in [5.41, 5.74) is 3.41. The number of fused-ring (bicyclic) bond motifs is 3. The molecule has 4 rings (SSSR count). The molecular formula is C17H15ClN4. The minimum absolute atomic E-state index is 0.0244. The minimum Gasteiger partial charge on any atom is -0.343 e. The molecule has 1 N–H and O–H groups in total. The number of benzene rings is 2. The molecule has 1 aliphatic heterocycles. The Bertz CT molecular complexity index is 826. The molecule has 0 fully saturated rings. The number of aromatic nitrogens is 3. The molecule has 2 aromatic carbocycles. The molecule has 3 aromatic rings. The molecule has 0 radical (unpaired) electrons. The summed E-state index contributed by atoms with van der Waals surface area (Å²) in [5.74, 6) is 1.72. The average Bonchev–Trinajstić information content (AvgIpc) is 2.98. The van der Waals surface area contributed by atoms with Crippen LogP contribution in [0.5, 0.6) is 0 Å². The lowest BCUT2D eigenvalue weighted by atomic mass is 9.95. The van der Waals surface area contributed by atoms with Crippen molar-refractivity contribution in [3.05, 3.63) is 70.5 Å². The summed E-state index contributed by atoms with van der Waals surface area (Å²) in [6.45, 7) is 2.08. The van der Waals surface area contributed by atoms with Crippen molar-refractivity contribution in [3.63, 3.8) is 0 Å². The quantitative estimate of drug-likeness (QED) is 0.778. The predicted octanol–water partition coefficient (Wildman–Crippen LogP) is 4.00. The fourth-order valence-electron chi connectivity index (χ4n) is 2.97. The van der Waals surface area contributed by atoms with Crippen LogP contribution in [0.25, 0.3) is 5.69 Å². The maximum Gasteiger partial charge on any atom is 0.230 e. The largest absolute Gasteiger partial charge is 0.343 e. The Labute approximate surface area is 133 Å². The number of hydrogen-bond donors (Lipinski definition) is 1. The average molecular weight is 311 g/mol. The van der Waals surface area contributed by atoms with Crippen molar-refractivity contribution < 1.29 is 0 Å². The van der Waals surface area contributed by atoms with E-state index in [1.807, 2.05) is 36.4 Å². The maximum atomic E-state index is 6.24. The molecule has 5 heteroatoms. The fourth-order valence-corrected chi connectivity index (χ4v) is 3.15. The summed E-state index contributed by atoms with van der Waals surface area (Å²) in [4.78, 5) is 0. The molecule has 22 heavy (non-hydrogen) atoms. The van der Waals surface area contributed by atoms with Crippen LogP contribution in [0.4, 0.5) is 5.95 Å². The number of rotatable bonds is 2. The van der Waals surface area contributed by atoms with Gasteiger partial charge in [0.2, 0.25) is 5.95 Å². The van der Waals surface area contributed by atoms with E-state index < -0.39 is 0 Å². The Morgan fingerprint density at radius 3 is 2.73 bits per heavy atom. The second-order valence-corrected chi connectivity index (χ2v) is 5.76. The molecular weight excluding hydrogens is 296 g/mol. The first-order chi connectivity index (χ1) is 10.8. The van der Waals surface area contributed by atoms with E-state index in [0.717, 1.165) is 34.5 Å². The first-order valence-electron chi connectivity index (χ1n) is 7.33. The summed E-state index contributed by atoms with van der Waals surface area (Å²) in [6, 6.07) is 16.3. The third kappa shape index (κ3) is 1.99. The van der Waals surface area contributed by atoms with Gasteiger partial charge in [0, 0.05) is 17.0 Å². The van der Waals surface area contributed by atoms with Crippen LogP contribution in [0.3, 0.4) is 0 Å². The van der Waals surface area contributed by atoms with E-state index in [9.17, 15) is 0 Å². The third-order valence-corrected chi connectivity index (χ3v) is 4.23. The van der Waals surface area contributed by atoms with Gasteiger partial charge in [-0.1, -0.05) is 48.9 Å². The lowest BCUT2D eigenvalue weighted by Crippen LogP contribution is -2.23. The predicted molar refractivity (Wildman–Crippen MR) is 87.7 cm³/mol. The summed E-state index contributed by atoms with van der Waals surface area (Å²) in [5, 5.41) is 12.8. The normalized spacial score (nSPS) is 15.8. The summed E-state index contributed by atoms with van der Waals surface area (Å²) >= 11 is 6.24. The molecule has 110 valence electrons. The number of aryl methyl sites for hydroxylation is 1. The van der Waals surface area contributed by atoms with E-state index in [-0.39, 0.29) is 6.04 Å². The zero-order valence-electron chi connectivity index (χ0n) is 12.1. The van der Waals surface area contributed by atoms with Crippen molar-refractivity contribution in [1.82, 2.24) is 14.8 Å². The second-order valence-electron chi connectivity index (χ2n) is 5.32. The number of anilines is 1. The SMILES string of the molecule is CCc1nnc2n1-c1ccc(Cl)cc1C(c1ccccc1)N2. The number of nitrogens with one attached hydrogen (secondary N) is 1. The zero-order valence-corrected chi connectivity index (χ0v) is 12.9. The first kappa shape index (κ1) is 13.3. The third-order valence-electron chi connectivity index (χ3n) is 3.99. The molecule has 4 nitrogen and oxygen atoms in total. The van der Waals surface area contributed by atoms with E-state index in [1.54, 1.807) is 0 Å². The lowest BCUT2D eigenvalue weighted by Gasteiger charge is -2.29. The van der Waals surface area contributed by atoms with Crippen molar-refractivity contribution in [2.45, 2.75) is 19.4 Å². The van der Waals surface area contributed by atoms with Crippen LogP contribution in [-0.4, -0.2) is 14.8 Å². The highest BCUT2D eigenvalue weighted by molar-refractivity contribution is 6.30. The van der Waals surface area contributed by atoms with Crippen LogP contribution in [-0.2, 0) is 6.42 Å². The van der Waals surface area contributed by atoms with Gasteiger partial charge in [-0.15, -0.1) is 10.2 Å². The smallest absolute Gasteiger partial charge is 0.230 e. The van der Waals surface area contributed by atoms with Gasteiger partial charge in [-0.25, -0.2) is 0 Å². The van der Waals surface area contributed by atoms with Crippen molar-refractivity contribution in [2.75, 3.05) is 5.32 Å². The molecule has 1 unspecified atom stereocenters. The van der Waals surface area contributed by atoms with Gasteiger partial charge in [0.05, 0.1) is 11.7 Å². The first-order valence-corrected chi connectivity index (χ1v) is 7.71. The molecule has 0 amide bonds. The highest BCUT2D eigenvalue weighted by Crippen LogP contribution is 2.38. The number of halogens is 1. The lowest BCUT2D eigenvalue weighted by molar-refractivity contribution is 0.809. The van der Waals surface area contributed by atoms with Gasteiger partial charge in [0.25, 0.3) is 0 Å². The maximum absolute atomic E-state index is 6.24. The number of hydrogen-bond acceptors (Lipinski definition) is 3. The van der Waals surface area contributed by atoms with Crippen molar-refractivity contribution in [1.29, 1.82) is 0 Å². The molecule has 2 heterocycles. The van der Waals surface area contributed by atoms with Crippen molar-refractivity contribution >= 4 is 17.5 Å². The summed E-state index contributed by atoms with van der Waals surface area (Å²) in [7, 11) is 0. The van der Waals surface area contributed by atoms with Crippen LogP contribution in [0.15, 0.2) is 48.5 Å². The van der Waals surface area contributed by atoms with E-state index >= 15 is 0 Å². The standard InChI is InChI=1S/C17H15ClN4/c1-2-15-20-21-17-19-16(11-6-4-3-5-7-11)13-10-12(18)8-9-14(13)22(15)17/h3-10,16H,2H2,1H3,(H,19,21). The van der Waals surface area contributed by atoms with Crippen LogP contribution >= 0.6 is 11.6 Å². The van der Waals surface area contributed by atoms with Gasteiger partial charge in [-0.05, 0) is 23.8 Å². The van der Waals surface area contributed by atoms with E-state index in [0.29, 0.717) is 0 Å². The summed E-state index contributed by atoms with van der Waals surface area (Å²) in [6.07, 6.45) is 0.826. The summed E-state index contributed by atoms with van der Waals surface area (Å²) < 4.78 is 2.07. The van der Waals surface area contributed by atoms with E-state index in [4.69, 9.17) is 11.6 Å². The van der Waals surface area contributed by atoms with Gasteiger partial charge in [-0.2, -0.15) is 0 Å². The van der Waals surface area contributed by atoms with Crippen molar-refractivity contribution in [2.24, 2.45) is 0 Å². The highest BCUT2D eigenvalue weighted by atomic mass is 35.5. The van der Waals surface area contributed by atoms with Gasteiger partial charge in [-0.3, -0.25) is 4.57 Å². The molecule has 0 bridgehead atoms. The van der Waals surface area contributed by atoms with Gasteiger partial charge >= 0.3 is 0 Å². The van der Waals surface area contributed by atoms with Gasteiger partial charge < -0.3 is 5.32 Å². The Kier molecular flexibility index (Phi) is 3.12. The topological polar surface area (TPSA) is 42.7 Å². The minimum atomic E-state index is 0.0244. The Morgan fingerprint density at radius 2 is 1.95 bits per heavy atom. The van der Waals surface area contributed by atoms with Crippen LogP contribution in [0.2, 0.25) is 5.02 Å². The molecule has 0 spiro atoms. The van der Waals surface area contributed by atoms with Crippen molar-refractivity contribution in [3.8, 4) is 5.69 Å². The van der Waals surface area contributed by atoms with Gasteiger partial charge in [0.1, 0.15) is 5.82 Å². The Hall–Kier alpha value is -2.33. The molecule has 0 saturated heterocycles. The molecule has 0 aliphatic carbocycles. The Balaban J connectivity index is 1.94. The molecule has 1 aliphatic rings. The van der Waals surface area contributed by atoms with Crippen LogP contribution < -0.4 is 5.32 Å². The van der Waals surface area contributed by atoms with Crippen LogP contribution in [0.1, 0.15) is 29.9 Å². The Morgan fingerprint density at radius 1 is 1.14 bits per heavy atom. The second kappa shape index (κ2) is 5.14. The number of nitrogens with zero attached hydrogens (tertiary/aromatic N) is 3. The monoisotopic (exact) mass is 310 g/mol. The zero-order chi connectivity index (χ0) is 15.1. The van der Waals surface area contributed by atoms with E-state index in [1.165, 1.54) is 5.56 Å². The van der Waals surface area contributed by atoms with E-state index in [2.05, 4.69) is 39.1 Å². The fraction of sp³-hybridized carbons (Fsp3) is 0.176.